The molecule has 0 saturated heterocycles. The number of H-pyrrole nitrogens is 1. The lowest BCUT2D eigenvalue weighted by Crippen LogP contribution is -2.31. The molecule has 1 aliphatic rings. The molecule has 1 saturated carbocycles. The predicted octanol–water partition coefficient (Wildman–Crippen LogP) is 4.69. The Balaban J connectivity index is 1.89. The number of nitrogens with zero attached hydrogens (tertiary/aromatic N) is 3. The molecule has 1 aliphatic carbocycles. The van der Waals surface area contributed by atoms with Crippen LogP contribution < -0.4 is 10.1 Å². The van der Waals surface area contributed by atoms with Crippen molar-refractivity contribution >= 4 is 11.4 Å². The Kier molecular flexibility index (Phi) is 7.28. The molecule has 164 valence electrons. The minimum Gasteiger partial charge on any atom is -0.493 e. The zero-order valence-electron chi connectivity index (χ0n) is 18.4. The molecule has 7 heteroatoms. The van der Waals surface area contributed by atoms with Gasteiger partial charge in [0.2, 0.25) is 0 Å². The van der Waals surface area contributed by atoms with E-state index in [1.807, 2.05) is 25.9 Å². The van der Waals surface area contributed by atoms with Crippen molar-refractivity contribution in [1.29, 1.82) is 0 Å². The zero-order valence-corrected chi connectivity index (χ0v) is 18.4. The lowest BCUT2D eigenvalue weighted by Gasteiger charge is -2.23. The SMILES string of the molecule is C=CC(=NC(C)c1cc(F)ccc1OCC1CC1)N/C(=C(/C=C)c1cn[nH]c1)N(C)C. The third-order valence-electron chi connectivity index (χ3n) is 5.08. The maximum Gasteiger partial charge on any atom is 0.126 e. The molecular weight excluding hydrogens is 393 g/mol. The molecule has 0 radical (unpaired) electrons. The van der Waals surface area contributed by atoms with Crippen molar-refractivity contribution in [2.24, 2.45) is 10.9 Å². The summed E-state index contributed by atoms with van der Waals surface area (Å²) in [5.41, 5.74) is 2.46. The number of hydrogen-bond donors (Lipinski definition) is 2. The smallest absolute Gasteiger partial charge is 0.126 e. The van der Waals surface area contributed by atoms with Gasteiger partial charge in [0.15, 0.2) is 0 Å². The molecule has 1 unspecified atom stereocenters. The maximum absolute atomic E-state index is 14.0. The Morgan fingerprint density at radius 2 is 2.16 bits per heavy atom. The highest BCUT2D eigenvalue weighted by molar-refractivity contribution is 5.95. The third-order valence-corrected chi connectivity index (χ3v) is 5.08. The molecular formula is C24H30FN5O. The molecule has 6 nitrogen and oxygen atoms in total. The van der Waals surface area contributed by atoms with Crippen LogP contribution >= 0.6 is 0 Å². The van der Waals surface area contributed by atoms with Crippen molar-refractivity contribution in [3.8, 4) is 5.75 Å². The van der Waals surface area contributed by atoms with Crippen molar-refractivity contribution in [2.45, 2.75) is 25.8 Å². The van der Waals surface area contributed by atoms with Crippen LogP contribution in [0.4, 0.5) is 4.39 Å². The number of aromatic amines is 1. The third kappa shape index (κ3) is 5.84. The highest BCUT2D eigenvalue weighted by Crippen LogP contribution is 2.33. The number of halogens is 1. The van der Waals surface area contributed by atoms with Gasteiger partial charge in [-0.15, -0.1) is 0 Å². The normalized spacial score (nSPS) is 15.7. The Hall–Kier alpha value is -3.35. The van der Waals surface area contributed by atoms with Gasteiger partial charge in [-0.1, -0.05) is 19.2 Å². The van der Waals surface area contributed by atoms with Gasteiger partial charge in [-0.3, -0.25) is 10.1 Å². The van der Waals surface area contributed by atoms with E-state index >= 15 is 0 Å². The lowest BCUT2D eigenvalue weighted by molar-refractivity contribution is 0.295. The minimum atomic E-state index is -0.338. The Morgan fingerprint density at radius 1 is 1.39 bits per heavy atom. The van der Waals surface area contributed by atoms with Crippen LogP contribution in [0.2, 0.25) is 0 Å². The van der Waals surface area contributed by atoms with Crippen LogP contribution in [-0.4, -0.2) is 41.6 Å². The van der Waals surface area contributed by atoms with E-state index in [9.17, 15) is 4.39 Å². The molecule has 3 rings (SSSR count). The number of amidine groups is 1. The topological polar surface area (TPSA) is 65.5 Å². The van der Waals surface area contributed by atoms with Gasteiger partial charge in [-0.25, -0.2) is 4.39 Å². The molecule has 0 amide bonds. The summed E-state index contributed by atoms with van der Waals surface area (Å²) in [7, 11) is 3.85. The maximum atomic E-state index is 14.0. The van der Waals surface area contributed by atoms with Crippen molar-refractivity contribution in [3.05, 3.63) is 78.7 Å². The predicted molar refractivity (Wildman–Crippen MR) is 123 cm³/mol. The van der Waals surface area contributed by atoms with Crippen LogP contribution in [0.15, 0.2) is 66.7 Å². The standard InChI is InChI=1S/C24H30FN5O/c1-6-20(18-13-26-27-14-18)24(30(4)5)29-23(7-2)28-16(3)21-12-19(25)10-11-22(21)31-15-17-8-9-17/h6-7,10-14,16-17H,1-2,8-9,15H2,3-5H3,(H,26,27)(H,28,29)/b24-20+. The fourth-order valence-electron chi connectivity index (χ4n) is 3.17. The fraction of sp³-hybridized carbons (Fsp3) is 0.333. The summed E-state index contributed by atoms with van der Waals surface area (Å²) >= 11 is 0. The highest BCUT2D eigenvalue weighted by atomic mass is 19.1. The molecule has 1 aromatic carbocycles. The number of benzene rings is 1. The first-order chi connectivity index (χ1) is 14.9. The molecule has 0 spiro atoms. The largest absolute Gasteiger partial charge is 0.493 e. The van der Waals surface area contributed by atoms with Crippen LogP contribution in [0.3, 0.4) is 0 Å². The van der Waals surface area contributed by atoms with Crippen molar-refractivity contribution in [1.82, 2.24) is 20.4 Å². The summed E-state index contributed by atoms with van der Waals surface area (Å²) in [6.07, 6.45) is 9.30. The Morgan fingerprint density at radius 3 is 2.74 bits per heavy atom. The molecule has 0 aliphatic heterocycles. The number of ether oxygens (including phenoxy) is 1. The Bertz CT molecular complexity index is 974. The van der Waals surface area contributed by atoms with Crippen LogP contribution in [-0.2, 0) is 0 Å². The molecule has 1 heterocycles. The van der Waals surface area contributed by atoms with Gasteiger partial charge < -0.3 is 15.0 Å². The fourth-order valence-corrected chi connectivity index (χ4v) is 3.17. The second-order valence-corrected chi connectivity index (χ2v) is 7.80. The number of allylic oxidation sites excluding steroid dienone is 2. The van der Waals surface area contributed by atoms with Gasteiger partial charge in [0, 0.05) is 37.0 Å². The van der Waals surface area contributed by atoms with E-state index < -0.39 is 0 Å². The molecule has 1 aromatic heterocycles. The lowest BCUT2D eigenvalue weighted by atomic mass is 10.1. The molecule has 31 heavy (non-hydrogen) atoms. The van der Waals surface area contributed by atoms with E-state index in [-0.39, 0.29) is 11.9 Å². The summed E-state index contributed by atoms with van der Waals surface area (Å²) in [4.78, 5) is 6.68. The first-order valence-electron chi connectivity index (χ1n) is 10.4. The first-order valence-corrected chi connectivity index (χ1v) is 10.4. The highest BCUT2D eigenvalue weighted by Gasteiger charge is 2.23. The average Bonchev–Trinajstić information content (AvgIpc) is 3.43. The van der Waals surface area contributed by atoms with E-state index in [0.717, 1.165) is 17.0 Å². The van der Waals surface area contributed by atoms with Gasteiger partial charge in [-0.2, -0.15) is 5.10 Å². The quantitative estimate of drug-likeness (QED) is 0.331. The second kappa shape index (κ2) is 10.1. The van der Waals surface area contributed by atoms with Gasteiger partial charge >= 0.3 is 0 Å². The van der Waals surface area contributed by atoms with Gasteiger partial charge in [0.05, 0.1) is 18.8 Å². The average molecular weight is 424 g/mol. The summed E-state index contributed by atoms with van der Waals surface area (Å²) in [5.74, 6) is 2.30. The number of hydrogen-bond acceptors (Lipinski definition) is 4. The summed E-state index contributed by atoms with van der Waals surface area (Å²) < 4.78 is 19.9. The van der Waals surface area contributed by atoms with E-state index in [1.165, 1.54) is 25.0 Å². The van der Waals surface area contributed by atoms with Crippen LogP contribution in [0, 0.1) is 11.7 Å². The Labute approximate surface area is 183 Å². The number of nitrogens with one attached hydrogen (secondary N) is 2. The second-order valence-electron chi connectivity index (χ2n) is 7.80. The van der Waals surface area contributed by atoms with E-state index in [1.54, 1.807) is 30.6 Å². The zero-order chi connectivity index (χ0) is 22.4. The number of rotatable bonds is 10. The van der Waals surface area contributed by atoms with Gasteiger partial charge in [0.25, 0.3) is 0 Å². The molecule has 1 atom stereocenters. The monoisotopic (exact) mass is 423 g/mol. The molecule has 2 N–H and O–H groups in total. The summed E-state index contributed by atoms with van der Waals surface area (Å²) in [6.45, 7) is 10.4. The van der Waals surface area contributed by atoms with Gasteiger partial charge in [0.1, 0.15) is 23.2 Å². The summed E-state index contributed by atoms with van der Waals surface area (Å²) in [5, 5.41) is 10.2. The summed E-state index contributed by atoms with van der Waals surface area (Å²) in [6, 6.07) is 4.25. The van der Waals surface area contributed by atoms with E-state index in [4.69, 9.17) is 9.73 Å². The molecule has 0 bridgehead atoms. The number of aliphatic imine (C=N–C) groups is 1. The van der Waals surface area contributed by atoms with E-state index in [2.05, 4.69) is 28.7 Å². The molecule has 1 fully saturated rings. The first kappa shape index (κ1) is 22.3. The van der Waals surface area contributed by atoms with Crippen LogP contribution in [0.5, 0.6) is 5.75 Å². The van der Waals surface area contributed by atoms with Crippen molar-refractivity contribution in [3.63, 3.8) is 0 Å². The van der Waals surface area contributed by atoms with Gasteiger partial charge in [-0.05, 0) is 50.0 Å². The number of aromatic nitrogens is 2. The van der Waals surface area contributed by atoms with Crippen LogP contribution in [0.25, 0.3) is 5.57 Å². The molecule has 2 aromatic rings. The minimum absolute atomic E-state index is 0.313. The van der Waals surface area contributed by atoms with Crippen molar-refractivity contribution < 1.29 is 9.13 Å². The van der Waals surface area contributed by atoms with Crippen LogP contribution in [0.1, 0.15) is 36.9 Å². The van der Waals surface area contributed by atoms with Crippen molar-refractivity contribution in [2.75, 3.05) is 20.7 Å². The van der Waals surface area contributed by atoms with E-state index in [0.29, 0.717) is 29.7 Å².